The van der Waals surface area contributed by atoms with Gasteiger partial charge in [0.25, 0.3) is 5.91 Å². The number of benzene rings is 1. The Hall–Kier alpha value is -2.22. The molecule has 1 amide bonds. The molecular weight excluding hydrogens is 208 g/mol. The minimum atomic E-state index is -0.603. The van der Waals surface area contributed by atoms with Crippen LogP contribution in [0.2, 0.25) is 0 Å². The van der Waals surface area contributed by atoms with Crippen molar-refractivity contribution in [2.24, 2.45) is 0 Å². The molecule has 5 heteroatoms. The topological polar surface area (TPSA) is 84.6 Å². The summed E-state index contributed by atoms with van der Waals surface area (Å²) in [6.45, 7) is 1.57. The Kier molecular flexibility index (Phi) is 3.36. The Morgan fingerprint density at radius 1 is 1.50 bits per heavy atom. The van der Waals surface area contributed by atoms with Crippen molar-refractivity contribution in [1.82, 2.24) is 4.90 Å². The molecule has 0 aliphatic heterocycles. The number of carbonyl (C=O) groups is 1. The minimum absolute atomic E-state index is 0.0235. The van der Waals surface area contributed by atoms with Gasteiger partial charge in [0.05, 0.1) is 11.6 Å². The van der Waals surface area contributed by atoms with Gasteiger partial charge in [0, 0.05) is 7.05 Å². The summed E-state index contributed by atoms with van der Waals surface area (Å²) in [6.07, 6.45) is 0. The summed E-state index contributed by atoms with van der Waals surface area (Å²) in [6, 6.07) is 5.42. The van der Waals surface area contributed by atoms with Crippen molar-refractivity contribution in [2.75, 3.05) is 7.05 Å². The first-order valence-electron chi connectivity index (χ1n) is 4.66. The van der Waals surface area contributed by atoms with E-state index in [0.717, 1.165) is 0 Å². The van der Waals surface area contributed by atoms with E-state index in [9.17, 15) is 15.0 Å². The van der Waals surface area contributed by atoms with Gasteiger partial charge in [-0.05, 0) is 19.1 Å². The number of phenolic OH excluding ortho intramolecular Hbond substituents is 2. The highest BCUT2D eigenvalue weighted by molar-refractivity contribution is 5.97. The number of hydrogen-bond donors (Lipinski definition) is 2. The summed E-state index contributed by atoms with van der Waals surface area (Å²) >= 11 is 0. The zero-order valence-corrected chi connectivity index (χ0v) is 9.01. The molecule has 0 heterocycles. The summed E-state index contributed by atoms with van der Waals surface area (Å²) in [5.41, 5.74) is -0.0235. The molecule has 0 aliphatic carbocycles. The molecule has 0 spiro atoms. The molecule has 0 saturated carbocycles. The fourth-order valence-electron chi connectivity index (χ4n) is 1.16. The molecule has 84 valence electrons. The highest BCUT2D eigenvalue weighted by Gasteiger charge is 2.21. The van der Waals surface area contributed by atoms with Gasteiger partial charge in [-0.25, -0.2) is 0 Å². The minimum Gasteiger partial charge on any atom is -0.504 e. The monoisotopic (exact) mass is 220 g/mol. The molecular formula is C11H12N2O3. The first-order valence-corrected chi connectivity index (χ1v) is 4.66. The Bertz CT molecular complexity index is 451. The Labute approximate surface area is 93.2 Å². The van der Waals surface area contributed by atoms with Crippen molar-refractivity contribution in [3.05, 3.63) is 23.8 Å². The van der Waals surface area contributed by atoms with E-state index in [1.54, 1.807) is 6.92 Å². The van der Waals surface area contributed by atoms with Crippen molar-refractivity contribution in [3.8, 4) is 17.6 Å². The van der Waals surface area contributed by atoms with Crippen LogP contribution in [-0.2, 0) is 0 Å². The summed E-state index contributed by atoms with van der Waals surface area (Å²) in [4.78, 5) is 13.0. The first-order chi connectivity index (χ1) is 7.49. The second-order valence-electron chi connectivity index (χ2n) is 3.39. The normalized spacial score (nSPS) is 11.6. The summed E-state index contributed by atoms with van der Waals surface area (Å²) < 4.78 is 0. The largest absolute Gasteiger partial charge is 0.504 e. The van der Waals surface area contributed by atoms with Crippen molar-refractivity contribution in [2.45, 2.75) is 13.0 Å². The number of nitrogens with zero attached hydrogens (tertiary/aromatic N) is 2. The van der Waals surface area contributed by atoms with Crippen LogP contribution < -0.4 is 0 Å². The maximum absolute atomic E-state index is 11.8. The molecule has 1 atom stereocenters. The Morgan fingerprint density at radius 2 is 2.12 bits per heavy atom. The van der Waals surface area contributed by atoms with Gasteiger partial charge in [0.1, 0.15) is 6.04 Å². The van der Waals surface area contributed by atoms with Gasteiger partial charge in [0.15, 0.2) is 11.5 Å². The average molecular weight is 220 g/mol. The van der Waals surface area contributed by atoms with Crippen molar-refractivity contribution in [1.29, 1.82) is 5.26 Å². The maximum atomic E-state index is 11.8. The summed E-state index contributed by atoms with van der Waals surface area (Å²) in [7, 11) is 1.46. The number of amides is 1. The van der Waals surface area contributed by atoms with Crippen LogP contribution in [0.25, 0.3) is 0 Å². The van der Waals surface area contributed by atoms with E-state index in [2.05, 4.69) is 0 Å². The fraction of sp³-hybridized carbons (Fsp3) is 0.273. The van der Waals surface area contributed by atoms with Gasteiger partial charge >= 0.3 is 0 Å². The van der Waals surface area contributed by atoms with Gasteiger partial charge in [0.2, 0.25) is 0 Å². The van der Waals surface area contributed by atoms with Crippen LogP contribution in [0.4, 0.5) is 0 Å². The number of phenols is 2. The lowest BCUT2D eigenvalue weighted by Crippen LogP contribution is -2.34. The van der Waals surface area contributed by atoms with E-state index in [1.807, 2.05) is 6.07 Å². The van der Waals surface area contributed by atoms with Crippen LogP contribution in [0.15, 0.2) is 18.2 Å². The lowest BCUT2D eigenvalue weighted by Gasteiger charge is -2.19. The fourth-order valence-corrected chi connectivity index (χ4v) is 1.16. The third-order valence-corrected chi connectivity index (χ3v) is 2.33. The van der Waals surface area contributed by atoms with Crippen LogP contribution in [-0.4, -0.2) is 34.1 Å². The molecule has 1 aromatic rings. The molecule has 1 unspecified atom stereocenters. The Morgan fingerprint density at radius 3 is 2.69 bits per heavy atom. The molecule has 1 aromatic carbocycles. The van der Waals surface area contributed by atoms with Crippen LogP contribution >= 0.6 is 0 Å². The molecule has 0 radical (unpaired) electrons. The molecule has 0 saturated heterocycles. The first kappa shape index (κ1) is 11.9. The Balaban J connectivity index is 3.07. The standard InChI is InChI=1S/C11H12N2O3/c1-7(6-12)13(2)11(16)8-4-3-5-9(14)10(8)15/h3-5,7,14-15H,1-2H3. The summed E-state index contributed by atoms with van der Waals surface area (Å²) in [5, 5.41) is 27.4. The molecule has 0 aliphatic rings. The molecule has 2 N–H and O–H groups in total. The number of nitriles is 1. The number of rotatable bonds is 2. The van der Waals surface area contributed by atoms with Gasteiger partial charge in [-0.2, -0.15) is 5.26 Å². The molecule has 0 bridgehead atoms. The number of para-hydroxylation sites is 1. The van der Waals surface area contributed by atoms with Crippen molar-refractivity contribution >= 4 is 5.91 Å². The molecule has 0 fully saturated rings. The van der Waals surface area contributed by atoms with Gasteiger partial charge in [-0.1, -0.05) is 6.07 Å². The summed E-state index contributed by atoms with van der Waals surface area (Å²) in [5.74, 6) is -1.34. The zero-order chi connectivity index (χ0) is 12.3. The molecule has 0 aromatic heterocycles. The number of carbonyl (C=O) groups excluding carboxylic acids is 1. The third kappa shape index (κ3) is 2.06. The zero-order valence-electron chi connectivity index (χ0n) is 9.01. The van der Waals surface area contributed by atoms with Crippen molar-refractivity contribution in [3.63, 3.8) is 0 Å². The predicted octanol–water partition coefficient (Wildman–Crippen LogP) is 1.08. The van der Waals surface area contributed by atoms with Gasteiger partial charge in [-0.3, -0.25) is 4.79 Å². The van der Waals surface area contributed by atoms with Crippen LogP contribution in [0.1, 0.15) is 17.3 Å². The lowest BCUT2D eigenvalue weighted by molar-refractivity contribution is 0.0769. The van der Waals surface area contributed by atoms with E-state index in [1.165, 1.54) is 30.1 Å². The second-order valence-corrected chi connectivity index (χ2v) is 3.39. The van der Waals surface area contributed by atoms with E-state index in [4.69, 9.17) is 5.26 Å². The average Bonchev–Trinajstić information content (AvgIpc) is 2.29. The van der Waals surface area contributed by atoms with E-state index < -0.39 is 17.7 Å². The van der Waals surface area contributed by atoms with Crippen molar-refractivity contribution < 1.29 is 15.0 Å². The van der Waals surface area contributed by atoms with Gasteiger partial charge < -0.3 is 15.1 Å². The van der Waals surface area contributed by atoms with E-state index >= 15 is 0 Å². The van der Waals surface area contributed by atoms with Gasteiger partial charge in [-0.15, -0.1) is 0 Å². The third-order valence-electron chi connectivity index (χ3n) is 2.33. The smallest absolute Gasteiger partial charge is 0.258 e. The predicted molar refractivity (Wildman–Crippen MR) is 56.9 cm³/mol. The maximum Gasteiger partial charge on any atom is 0.258 e. The molecule has 16 heavy (non-hydrogen) atoms. The second kappa shape index (κ2) is 4.53. The number of aromatic hydroxyl groups is 2. The van der Waals surface area contributed by atoms with E-state index in [0.29, 0.717) is 0 Å². The van der Waals surface area contributed by atoms with Crippen LogP contribution in [0.3, 0.4) is 0 Å². The van der Waals surface area contributed by atoms with Crippen LogP contribution in [0, 0.1) is 11.3 Å². The SMILES string of the molecule is CC(C#N)N(C)C(=O)c1cccc(O)c1O. The molecule has 5 nitrogen and oxygen atoms in total. The highest BCUT2D eigenvalue weighted by atomic mass is 16.3. The lowest BCUT2D eigenvalue weighted by atomic mass is 10.1. The van der Waals surface area contributed by atoms with Crippen LogP contribution in [0.5, 0.6) is 11.5 Å². The van der Waals surface area contributed by atoms with E-state index in [-0.39, 0.29) is 11.3 Å². The molecule has 1 rings (SSSR count). The highest BCUT2D eigenvalue weighted by Crippen LogP contribution is 2.29. The quantitative estimate of drug-likeness (QED) is 0.730. The number of hydrogen-bond acceptors (Lipinski definition) is 4.